The summed E-state index contributed by atoms with van der Waals surface area (Å²) >= 11 is 0. The van der Waals surface area contributed by atoms with Crippen molar-refractivity contribution in [3.05, 3.63) is 59.3 Å². The normalized spacial score (nSPS) is 18.5. The predicted molar refractivity (Wildman–Crippen MR) is 111 cm³/mol. The molecule has 1 fully saturated rings. The molecule has 7 heteroatoms. The molecule has 0 amide bonds. The van der Waals surface area contributed by atoms with Crippen LogP contribution in [0.3, 0.4) is 0 Å². The third-order valence-electron chi connectivity index (χ3n) is 5.74. The maximum Gasteiger partial charge on any atom is 0.159 e. The molecule has 0 bridgehead atoms. The molecule has 0 N–H and O–H groups in total. The molecule has 2 atom stereocenters. The molecule has 148 valence electrons. The third-order valence-corrected chi connectivity index (χ3v) is 5.74. The van der Waals surface area contributed by atoms with E-state index in [1.54, 1.807) is 0 Å². The number of fused-ring (bicyclic) bond motifs is 1. The van der Waals surface area contributed by atoms with Crippen molar-refractivity contribution in [2.75, 3.05) is 0 Å². The van der Waals surface area contributed by atoms with E-state index in [4.69, 9.17) is 9.97 Å². The lowest BCUT2D eigenvalue weighted by molar-refractivity contribution is 0.748. The average molecular weight is 387 g/mol. The number of aryl methyl sites for hydroxylation is 4. The number of benzene rings is 1. The Labute approximate surface area is 169 Å². The van der Waals surface area contributed by atoms with Gasteiger partial charge in [0.1, 0.15) is 17.5 Å². The van der Waals surface area contributed by atoms with Crippen molar-refractivity contribution in [3.63, 3.8) is 0 Å². The lowest BCUT2D eigenvalue weighted by Crippen LogP contribution is -2.08. The molecule has 1 aliphatic carbocycles. The molecule has 1 saturated carbocycles. The highest BCUT2D eigenvalue weighted by atomic mass is 15.4. The third kappa shape index (κ3) is 3.01. The van der Waals surface area contributed by atoms with Gasteiger partial charge in [0.2, 0.25) is 0 Å². The highest BCUT2D eigenvalue weighted by Gasteiger charge is 2.44. The van der Waals surface area contributed by atoms with Crippen LogP contribution >= 0.6 is 0 Å². The number of rotatable bonds is 5. The fourth-order valence-electron chi connectivity index (χ4n) is 4.13. The Bertz CT molecular complexity index is 1200. The van der Waals surface area contributed by atoms with Crippen molar-refractivity contribution < 1.29 is 0 Å². The molecular formula is C22H25N7. The second-order valence-corrected chi connectivity index (χ2v) is 7.73. The molecule has 0 unspecified atom stereocenters. The molecular weight excluding hydrogens is 362 g/mol. The van der Waals surface area contributed by atoms with E-state index >= 15 is 0 Å². The van der Waals surface area contributed by atoms with Gasteiger partial charge in [0.25, 0.3) is 0 Å². The molecule has 29 heavy (non-hydrogen) atoms. The minimum absolute atomic E-state index is 0.366. The maximum atomic E-state index is 4.89. The van der Waals surface area contributed by atoms with Crippen molar-refractivity contribution in [2.45, 2.75) is 51.9 Å². The quantitative estimate of drug-likeness (QED) is 0.523. The lowest BCUT2D eigenvalue weighted by Gasteiger charge is -2.08. The maximum absolute atomic E-state index is 4.89. The first kappa shape index (κ1) is 18.0. The summed E-state index contributed by atoms with van der Waals surface area (Å²) in [6, 6.07) is 10.4. The zero-order chi connectivity index (χ0) is 20.1. The minimum atomic E-state index is 0.366. The van der Waals surface area contributed by atoms with Crippen molar-refractivity contribution in [2.24, 2.45) is 7.05 Å². The fraction of sp³-hybridized carbons (Fsp3) is 0.409. The summed E-state index contributed by atoms with van der Waals surface area (Å²) in [5, 5.41) is 4.65. The van der Waals surface area contributed by atoms with Gasteiger partial charge in [-0.15, -0.1) is 5.10 Å². The van der Waals surface area contributed by atoms with E-state index in [0.717, 1.165) is 59.6 Å². The number of hydrogen-bond donors (Lipinski definition) is 0. The number of imidazole rings is 1. The number of para-hydroxylation sites is 2. The summed E-state index contributed by atoms with van der Waals surface area (Å²) in [5.74, 6) is 5.26. The van der Waals surface area contributed by atoms with Gasteiger partial charge in [-0.1, -0.05) is 26.0 Å². The lowest BCUT2D eigenvalue weighted by atomic mass is 10.2. The van der Waals surface area contributed by atoms with Crippen molar-refractivity contribution in [3.8, 4) is 5.82 Å². The Kier molecular flexibility index (Phi) is 4.19. The van der Waals surface area contributed by atoms with Gasteiger partial charge in [0, 0.05) is 37.8 Å². The Morgan fingerprint density at radius 3 is 2.59 bits per heavy atom. The number of nitrogens with zero attached hydrogens (tertiary/aromatic N) is 7. The summed E-state index contributed by atoms with van der Waals surface area (Å²) in [7, 11) is 2.10. The van der Waals surface area contributed by atoms with Crippen LogP contribution in [0.1, 0.15) is 61.1 Å². The molecule has 0 radical (unpaired) electrons. The smallest absolute Gasteiger partial charge is 0.159 e. The van der Waals surface area contributed by atoms with Crippen LogP contribution in [0, 0.1) is 6.92 Å². The zero-order valence-electron chi connectivity index (χ0n) is 17.3. The van der Waals surface area contributed by atoms with E-state index in [-0.39, 0.29) is 0 Å². The average Bonchev–Trinajstić information content (AvgIpc) is 3.30. The highest BCUT2D eigenvalue weighted by Crippen LogP contribution is 2.54. The van der Waals surface area contributed by atoms with Crippen molar-refractivity contribution in [1.82, 2.24) is 34.3 Å². The van der Waals surface area contributed by atoms with Crippen molar-refractivity contribution >= 4 is 11.0 Å². The zero-order valence-corrected chi connectivity index (χ0v) is 17.3. The number of aromatic nitrogens is 7. The molecule has 0 spiro atoms. The van der Waals surface area contributed by atoms with E-state index in [1.807, 2.05) is 17.7 Å². The molecule has 0 aliphatic heterocycles. The van der Waals surface area contributed by atoms with Crippen LogP contribution in [0.15, 0.2) is 30.3 Å². The Hall–Kier alpha value is -3.09. The summed E-state index contributed by atoms with van der Waals surface area (Å²) in [5.41, 5.74) is 3.30. The van der Waals surface area contributed by atoms with Gasteiger partial charge in [0.15, 0.2) is 11.6 Å². The van der Waals surface area contributed by atoms with Gasteiger partial charge in [-0.25, -0.2) is 19.9 Å². The fourth-order valence-corrected chi connectivity index (χ4v) is 4.13. The first-order valence-corrected chi connectivity index (χ1v) is 10.3. The largest absolute Gasteiger partial charge is 0.331 e. The highest BCUT2D eigenvalue weighted by molar-refractivity contribution is 5.76. The van der Waals surface area contributed by atoms with E-state index in [9.17, 15) is 0 Å². The van der Waals surface area contributed by atoms with Crippen LogP contribution in [0.2, 0.25) is 0 Å². The van der Waals surface area contributed by atoms with Crippen molar-refractivity contribution in [1.29, 1.82) is 0 Å². The van der Waals surface area contributed by atoms with Crippen LogP contribution in [0.4, 0.5) is 0 Å². The summed E-state index contributed by atoms with van der Waals surface area (Å²) in [6.45, 7) is 6.11. The molecule has 5 rings (SSSR count). The monoisotopic (exact) mass is 387 g/mol. The van der Waals surface area contributed by atoms with Crippen LogP contribution in [-0.2, 0) is 19.9 Å². The Balaban J connectivity index is 1.50. The molecule has 4 aromatic rings. The van der Waals surface area contributed by atoms with Gasteiger partial charge in [-0.2, -0.15) is 4.68 Å². The van der Waals surface area contributed by atoms with Crippen LogP contribution in [0.25, 0.3) is 16.9 Å². The minimum Gasteiger partial charge on any atom is -0.331 e. The van der Waals surface area contributed by atoms with Crippen LogP contribution < -0.4 is 0 Å². The molecule has 7 nitrogen and oxygen atoms in total. The SMILES string of the molecule is CCc1nc(CC)n(-c2cc([C@@H]3C[C@H]3c3nc4ccccc4n3C)nc(C)n2)n1. The van der Waals surface area contributed by atoms with Gasteiger partial charge in [-0.3, -0.25) is 0 Å². The second kappa shape index (κ2) is 6.76. The second-order valence-electron chi connectivity index (χ2n) is 7.73. The van der Waals surface area contributed by atoms with Gasteiger partial charge in [-0.05, 0) is 25.5 Å². The van der Waals surface area contributed by atoms with E-state index < -0.39 is 0 Å². The summed E-state index contributed by atoms with van der Waals surface area (Å²) in [4.78, 5) is 18.9. The number of hydrogen-bond acceptors (Lipinski definition) is 5. The molecule has 1 aromatic carbocycles. The first-order chi connectivity index (χ1) is 14.1. The summed E-state index contributed by atoms with van der Waals surface area (Å²) < 4.78 is 4.10. The molecule has 3 aromatic heterocycles. The molecule has 1 aliphatic rings. The molecule has 3 heterocycles. The van der Waals surface area contributed by atoms with E-state index in [1.165, 1.54) is 5.52 Å². The van der Waals surface area contributed by atoms with Crippen LogP contribution in [0.5, 0.6) is 0 Å². The Morgan fingerprint density at radius 2 is 1.83 bits per heavy atom. The predicted octanol–water partition coefficient (Wildman–Crippen LogP) is 3.65. The van der Waals surface area contributed by atoms with Gasteiger partial charge in [0.05, 0.1) is 16.7 Å². The first-order valence-electron chi connectivity index (χ1n) is 10.3. The van der Waals surface area contributed by atoms with E-state index in [2.05, 4.69) is 64.8 Å². The standard InChI is InChI=1S/C22H25N7/c1-5-19-26-20(6-2)29(27-19)21-12-17(23-13(3)24-21)14-11-15(14)22-25-16-9-7-8-10-18(16)28(22)4/h7-10,12,14-15H,5-6,11H2,1-4H3/t14-,15-/m1/s1. The van der Waals surface area contributed by atoms with Crippen LogP contribution in [-0.4, -0.2) is 34.3 Å². The van der Waals surface area contributed by atoms with Gasteiger partial charge < -0.3 is 4.57 Å². The molecule has 0 saturated heterocycles. The Morgan fingerprint density at radius 1 is 1.00 bits per heavy atom. The van der Waals surface area contributed by atoms with E-state index in [0.29, 0.717) is 11.8 Å². The summed E-state index contributed by atoms with van der Waals surface area (Å²) in [6.07, 6.45) is 2.69. The van der Waals surface area contributed by atoms with Gasteiger partial charge >= 0.3 is 0 Å². The topological polar surface area (TPSA) is 74.3 Å².